The number of aromatic nitrogens is 1. The minimum atomic E-state index is 0.0441. The van der Waals surface area contributed by atoms with E-state index in [-0.39, 0.29) is 11.9 Å². The Morgan fingerprint density at radius 3 is 2.81 bits per heavy atom. The van der Waals surface area contributed by atoms with Gasteiger partial charge in [0.1, 0.15) is 10.8 Å². The van der Waals surface area contributed by atoms with Gasteiger partial charge in [0.2, 0.25) is 5.91 Å². The molecular formula is C21H20N2O2S. The summed E-state index contributed by atoms with van der Waals surface area (Å²) in [5.74, 6) is 0.853. The van der Waals surface area contributed by atoms with Gasteiger partial charge >= 0.3 is 0 Å². The lowest BCUT2D eigenvalue weighted by Crippen LogP contribution is -2.28. The fourth-order valence-electron chi connectivity index (χ4n) is 3.30. The minimum absolute atomic E-state index is 0.0441. The van der Waals surface area contributed by atoms with E-state index in [0.717, 1.165) is 41.2 Å². The number of likely N-dealkylation sites (tertiary alicyclic amines) is 1. The first-order valence-electron chi connectivity index (χ1n) is 8.73. The average molecular weight is 364 g/mol. The fourth-order valence-corrected chi connectivity index (χ4v) is 4.41. The number of ether oxygens (including phenoxy) is 1. The molecule has 1 fully saturated rings. The van der Waals surface area contributed by atoms with Crippen molar-refractivity contribution in [2.24, 2.45) is 0 Å². The van der Waals surface area contributed by atoms with Crippen molar-refractivity contribution in [3.63, 3.8) is 0 Å². The van der Waals surface area contributed by atoms with E-state index >= 15 is 0 Å². The summed E-state index contributed by atoms with van der Waals surface area (Å²) in [7, 11) is 1.64. The highest BCUT2D eigenvalue weighted by Crippen LogP contribution is 2.36. The molecule has 3 aromatic rings. The van der Waals surface area contributed by atoms with Gasteiger partial charge in [-0.2, -0.15) is 0 Å². The monoisotopic (exact) mass is 364 g/mol. The molecule has 0 aliphatic carbocycles. The summed E-state index contributed by atoms with van der Waals surface area (Å²) >= 11 is 1.69. The Morgan fingerprint density at radius 2 is 2.04 bits per heavy atom. The van der Waals surface area contributed by atoms with Crippen LogP contribution >= 0.6 is 11.3 Å². The van der Waals surface area contributed by atoms with Crippen molar-refractivity contribution in [3.8, 4) is 5.75 Å². The number of para-hydroxylation sites is 1. The van der Waals surface area contributed by atoms with Gasteiger partial charge in [0, 0.05) is 12.6 Å². The van der Waals surface area contributed by atoms with Crippen LogP contribution < -0.4 is 4.74 Å². The topological polar surface area (TPSA) is 42.4 Å². The smallest absolute Gasteiger partial charge is 0.247 e. The minimum Gasteiger partial charge on any atom is -0.497 e. The molecule has 26 heavy (non-hydrogen) atoms. The normalized spacial score (nSPS) is 17.3. The SMILES string of the molecule is COc1ccc(/C=C/C(=O)N2CCC[C@H]2c2nc3ccccc3s2)cc1. The summed E-state index contributed by atoms with van der Waals surface area (Å²) in [6.07, 6.45) is 5.51. The van der Waals surface area contributed by atoms with Crippen molar-refractivity contribution in [2.75, 3.05) is 13.7 Å². The second-order valence-electron chi connectivity index (χ2n) is 6.32. The van der Waals surface area contributed by atoms with Crippen molar-refractivity contribution in [1.29, 1.82) is 0 Å². The number of hydrogen-bond donors (Lipinski definition) is 0. The molecule has 1 atom stereocenters. The molecule has 132 valence electrons. The number of amides is 1. The maximum Gasteiger partial charge on any atom is 0.247 e. The lowest BCUT2D eigenvalue weighted by atomic mass is 10.2. The molecule has 1 saturated heterocycles. The highest BCUT2D eigenvalue weighted by atomic mass is 32.1. The predicted octanol–water partition coefficient (Wildman–Crippen LogP) is 4.68. The van der Waals surface area contributed by atoms with Crippen molar-refractivity contribution in [1.82, 2.24) is 9.88 Å². The van der Waals surface area contributed by atoms with Crippen molar-refractivity contribution < 1.29 is 9.53 Å². The maximum absolute atomic E-state index is 12.7. The Labute approximate surface area is 156 Å². The van der Waals surface area contributed by atoms with Gasteiger partial charge in [-0.25, -0.2) is 4.98 Å². The van der Waals surface area contributed by atoms with Crippen LogP contribution in [-0.2, 0) is 4.79 Å². The number of benzene rings is 2. The molecule has 0 N–H and O–H groups in total. The molecule has 1 aromatic heterocycles. The molecule has 0 spiro atoms. The zero-order chi connectivity index (χ0) is 17.9. The first-order valence-corrected chi connectivity index (χ1v) is 9.54. The highest BCUT2D eigenvalue weighted by molar-refractivity contribution is 7.18. The maximum atomic E-state index is 12.7. The summed E-state index contributed by atoms with van der Waals surface area (Å²) in [4.78, 5) is 19.4. The Bertz CT molecular complexity index is 913. The van der Waals surface area contributed by atoms with E-state index in [2.05, 4.69) is 6.07 Å². The Morgan fingerprint density at radius 1 is 1.23 bits per heavy atom. The van der Waals surface area contributed by atoms with Crippen molar-refractivity contribution >= 4 is 33.5 Å². The molecular weight excluding hydrogens is 344 g/mol. The molecule has 2 aromatic carbocycles. The van der Waals surface area contributed by atoms with Gasteiger partial charge in [0.15, 0.2) is 0 Å². The van der Waals surface area contributed by atoms with Crippen LogP contribution in [0.2, 0.25) is 0 Å². The molecule has 0 unspecified atom stereocenters. The summed E-state index contributed by atoms with van der Waals surface area (Å²) in [6, 6.07) is 15.9. The quantitative estimate of drug-likeness (QED) is 0.631. The number of methoxy groups -OCH3 is 1. The van der Waals surface area contributed by atoms with E-state index in [1.807, 2.05) is 53.4 Å². The van der Waals surface area contributed by atoms with Gasteiger partial charge in [0.25, 0.3) is 0 Å². The van der Waals surface area contributed by atoms with Crippen LogP contribution in [0.3, 0.4) is 0 Å². The van der Waals surface area contributed by atoms with E-state index < -0.39 is 0 Å². The van der Waals surface area contributed by atoms with Crippen LogP contribution in [0, 0.1) is 0 Å². The zero-order valence-electron chi connectivity index (χ0n) is 14.6. The lowest BCUT2D eigenvalue weighted by Gasteiger charge is -2.21. The number of thiazole rings is 1. The Balaban J connectivity index is 1.51. The number of nitrogens with zero attached hydrogens (tertiary/aromatic N) is 2. The van der Waals surface area contributed by atoms with E-state index in [4.69, 9.17) is 9.72 Å². The zero-order valence-corrected chi connectivity index (χ0v) is 15.4. The Hall–Kier alpha value is -2.66. The van der Waals surface area contributed by atoms with E-state index in [9.17, 15) is 4.79 Å². The third-order valence-electron chi connectivity index (χ3n) is 4.67. The lowest BCUT2D eigenvalue weighted by molar-refractivity contribution is -0.126. The second-order valence-corrected chi connectivity index (χ2v) is 7.38. The summed E-state index contributed by atoms with van der Waals surface area (Å²) < 4.78 is 6.34. The summed E-state index contributed by atoms with van der Waals surface area (Å²) in [5, 5.41) is 1.04. The van der Waals surface area contributed by atoms with Gasteiger partial charge < -0.3 is 9.64 Å². The van der Waals surface area contributed by atoms with Gasteiger partial charge in [0.05, 0.1) is 23.4 Å². The number of carbonyl (C=O) groups is 1. The third-order valence-corrected chi connectivity index (χ3v) is 5.80. The van der Waals surface area contributed by atoms with Crippen LogP contribution in [0.5, 0.6) is 5.75 Å². The van der Waals surface area contributed by atoms with Crippen molar-refractivity contribution in [3.05, 3.63) is 65.2 Å². The first kappa shape index (κ1) is 16.8. The number of hydrogen-bond acceptors (Lipinski definition) is 4. The first-order chi connectivity index (χ1) is 12.7. The van der Waals surface area contributed by atoms with Crippen LogP contribution in [0.25, 0.3) is 16.3 Å². The molecule has 0 saturated carbocycles. The molecule has 0 bridgehead atoms. The number of carbonyl (C=O) groups excluding carboxylic acids is 1. The highest BCUT2D eigenvalue weighted by Gasteiger charge is 2.31. The second kappa shape index (κ2) is 7.30. The standard InChI is InChI=1S/C21H20N2O2S/c1-25-16-11-8-15(9-12-16)10-13-20(24)23-14-4-6-18(23)21-22-17-5-2-3-7-19(17)26-21/h2-3,5,7-13,18H,4,6,14H2,1H3/b13-10+/t18-/m0/s1. The van der Waals surface area contributed by atoms with Crippen molar-refractivity contribution in [2.45, 2.75) is 18.9 Å². The van der Waals surface area contributed by atoms with Crippen LogP contribution in [-0.4, -0.2) is 29.4 Å². The molecule has 4 rings (SSSR count). The average Bonchev–Trinajstić information content (AvgIpc) is 3.32. The van der Waals surface area contributed by atoms with E-state index in [1.54, 1.807) is 24.5 Å². The van der Waals surface area contributed by atoms with Gasteiger partial charge in [-0.1, -0.05) is 24.3 Å². The third kappa shape index (κ3) is 3.35. The number of fused-ring (bicyclic) bond motifs is 1. The molecule has 1 aliphatic rings. The van der Waals surface area contributed by atoms with E-state index in [0.29, 0.717) is 0 Å². The molecule has 0 radical (unpaired) electrons. The Kier molecular flexibility index (Phi) is 4.71. The van der Waals surface area contributed by atoms with Crippen LogP contribution in [0.15, 0.2) is 54.6 Å². The molecule has 4 nitrogen and oxygen atoms in total. The predicted molar refractivity (Wildman–Crippen MR) is 105 cm³/mol. The molecule has 1 aliphatic heterocycles. The van der Waals surface area contributed by atoms with Crippen LogP contribution in [0.4, 0.5) is 0 Å². The molecule has 1 amide bonds. The molecule has 5 heteroatoms. The largest absolute Gasteiger partial charge is 0.497 e. The number of rotatable bonds is 4. The van der Waals surface area contributed by atoms with Crippen LogP contribution in [0.1, 0.15) is 29.5 Å². The van der Waals surface area contributed by atoms with Gasteiger partial charge in [-0.15, -0.1) is 11.3 Å². The summed E-state index contributed by atoms with van der Waals surface area (Å²) in [5.41, 5.74) is 2.00. The van der Waals surface area contributed by atoms with Gasteiger partial charge in [-0.3, -0.25) is 4.79 Å². The summed E-state index contributed by atoms with van der Waals surface area (Å²) in [6.45, 7) is 0.784. The van der Waals surface area contributed by atoms with E-state index in [1.165, 1.54) is 4.70 Å². The molecule has 2 heterocycles. The fraction of sp³-hybridized carbons (Fsp3) is 0.238. The van der Waals surface area contributed by atoms with Gasteiger partial charge in [-0.05, 0) is 48.7 Å².